The van der Waals surface area contributed by atoms with Crippen LogP contribution in [0.5, 0.6) is 5.75 Å². The number of carbonyl (C=O) groups is 3. The van der Waals surface area contributed by atoms with Gasteiger partial charge < -0.3 is 10.1 Å². The van der Waals surface area contributed by atoms with Crippen LogP contribution in [-0.2, 0) is 9.59 Å². The standard InChI is InChI=1S/C14H16N2O4/c1-9(17)10-3-4-12-11(7-10)16(8-13(18)15-2)14(19)5-6-20-12/h3-4,7H,5-6,8H2,1-2H3,(H,15,18). The number of anilines is 1. The Morgan fingerprint density at radius 1 is 1.40 bits per heavy atom. The highest BCUT2D eigenvalue weighted by molar-refractivity contribution is 6.02. The van der Waals surface area contributed by atoms with E-state index in [1.165, 1.54) is 18.9 Å². The Balaban J connectivity index is 2.45. The van der Waals surface area contributed by atoms with Gasteiger partial charge in [-0.2, -0.15) is 0 Å². The summed E-state index contributed by atoms with van der Waals surface area (Å²) in [6.45, 7) is 1.62. The zero-order chi connectivity index (χ0) is 14.7. The monoisotopic (exact) mass is 276 g/mol. The molecule has 0 saturated heterocycles. The van der Waals surface area contributed by atoms with Crippen molar-refractivity contribution in [3.63, 3.8) is 0 Å². The van der Waals surface area contributed by atoms with Gasteiger partial charge in [-0.3, -0.25) is 19.3 Å². The van der Waals surface area contributed by atoms with Gasteiger partial charge in [-0.25, -0.2) is 0 Å². The first-order valence-corrected chi connectivity index (χ1v) is 6.31. The van der Waals surface area contributed by atoms with Gasteiger partial charge in [0, 0.05) is 12.6 Å². The summed E-state index contributed by atoms with van der Waals surface area (Å²) in [7, 11) is 1.51. The van der Waals surface area contributed by atoms with Gasteiger partial charge in [0.15, 0.2) is 5.78 Å². The third-order valence-electron chi connectivity index (χ3n) is 3.11. The zero-order valence-corrected chi connectivity index (χ0v) is 11.4. The van der Waals surface area contributed by atoms with Crippen LogP contribution in [0.4, 0.5) is 5.69 Å². The molecule has 20 heavy (non-hydrogen) atoms. The van der Waals surface area contributed by atoms with Gasteiger partial charge in [0.2, 0.25) is 11.8 Å². The summed E-state index contributed by atoms with van der Waals surface area (Å²) < 4.78 is 5.49. The van der Waals surface area contributed by atoms with Crippen LogP contribution in [0.2, 0.25) is 0 Å². The molecule has 1 N–H and O–H groups in total. The van der Waals surface area contributed by atoms with Crippen LogP contribution in [-0.4, -0.2) is 37.8 Å². The molecule has 0 aliphatic carbocycles. The average molecular weight is 276 g/mol. The Bertz CT molecular complexity index is 568. The average Bonchev–Trinajstić information content (AvgIpc) is 2.58. The third kappa shape index (κ3) is 2.79. The Labute approximate surface area is 116 Å². The van der Waals surface area contributed by atoms with E-state index in [2.05, 4.69) is 5.32 Å². The summed E-state index contributed by atoms with van der Waals surface area (Å²) in [5, 5.41) is 2.48. The summed E-state index contributed by atoms with van der Waals surface area (Å²) in [5.74, 6) is -0.0818. The Morgan fingerprint density at radius 2 is 2.15 bits per heavy atom. The van der Waals surface area contributed by atoms with Crippen molar-refractivity contribution in [1.29, 1.82) is 0 Å². The van der Waals surface area contributed by atoms with Gasteiger partial charge in [0.25, 0.3) is 0 Å². The van der Waals surface area contributed by atoms with Crippen molar-refractivity contribution in [2.45, 2.75) is 13.3 Å². The first-order chi connectivity index (χ1) is 9.52. The molecule has 2 rings (SSSR count). The number of fused-ring (bicyclic) bond motifs is 1. The molecule has 0 atom stereocenters. The number of amides is 2. The zero-order valence-electron chi connectivity index (χ0n) is 11.4. The molecule has 1 heterocycles. The summed E-state index contributed by atoms with van der Waals surface area (Å²) >= 11 is 0. The molecule has 1 aromatic rings. The van der Waals surface area contributed by atoms with Gasteiger partial charge in [-0.1, -0.05) is 0 Å². The highest BCUT2D eigenvalue weighted by atomic mass is 16.5. The maximum Gasteiger partial charge on any atom is 0.239 e. The molecular weight excluding hydrogens is 260 g/mol. The number of carbonyl (C=O) groups excluding carboxylic acids is 3. The lowest BCUT2D eigenvalue weighted by Gasteiger charge is -2.21. The van der Waals surface area contributed by atoms with E-state index >= 15 is 0 Å². The number of Topliss-reactive ketones (excluding diaryl/α,β-unsaturated/α-hetero) is 1. The number of nitrogens with one attached hydrogen (secondary N) is 1. The van der Waals surface area contributed by atoms with E-state index in [1.54, 1.807) is 18.2 Å². The summed E-state index contributed by atoms with van der Waals surface area (Å²) in [6, 6.07) is 4.89. The maximum absolute atomic E-state index is 12.1. The van der Waals surface area contributed by atoms with Crippen molar-refractivity contribution in [2.24, 2.45) is 0 Å². The summed E-state index contributed by atoms with van der Waals surface area (Å²) in [6.07, 6.45) is 0.196. The predicted molar refractivity (Wildman–Crippen MR) is 73.0 cm³/mol. The van der Waals surface area contributed by atoms with Gasteiger partial charge in [0.05, 0.1) is 18.7 Å². The molecule has 0 aromatic heterocycles. The van der Waals surface area contributed by atoms with Crippen molar-refractivity contribution in [1.82, 2.24) is 5.32 Å². The van der Waals surface area contributed by atoms with Crippen LogP contribution in [0, 0.1) is 0 Å². The molecule has 0 spiro atoms. The van der Waals surface area contributed by atoms with E-state index in [0.717, 1.165) is 0 Å². The molecule has 0 saturated carbocycles. The minimum absolute atomic E-state index is 0.0902. The number of benzene rings is 1. The molecule has 6 nitrogen and oxygen atoms in total. The number of likely N-dealkylation sites (N-methyl/N-ethyl adjacent to an activating group) is 1. The predicted octanol–water partition coefficient (Wildman–Crippen LogP) is 0.751. The molecule has 0 fully saturated rings. The summed E-state index contributed by atoms with van der Waals surface area (Å²) in [5.41, 5.74) is 0.938. The SMILES string of the molecule is CNC(=O)CN1C(=O)CCOc2ccc(C(C)=O)cc21. The van der Waals surface area contributed by atoms with Crippen LogP contribution in [0.1, 0.15) is 23.7 Å². The maximum atomic E-state index is 12.1. The van der Waals surface area contributed by atoms with Crippen LogP contribution in [0.15, 0.2) is 18.2 Å². The molecule has 0 unspecified atom stereocenters. The van der Waals surface area contributed by atoms with Gasteiger partial charge in [-0.15, -0.1) is 0 Å². The lowest BCUT2D eigenvalue weighted by atomic mass is 10.1. The van der Waals surface area contributed by atoms with E-state index in [4.69, 9.17) is 4.74 Å². The van der Waals surface area contributed by atoms with E-state index in [1.807, 2.05) is 0 Å². The first-order valence-electron chi connectivity index (χ1n) is 6.31. The van der Waals surface area contributed by atoms with Crippen molar-refractivity contribution < 1.29 is 19.1 Å². The Morgan fingerprint density at radius 3 is 2.80 bits per heavy atom. The molecule has 1 aromatic carbocycles. The fourth-order valence-corrected chi connectivity index (χ4v) is 1.98. The van der Waals surface area contributed by atoms with E-state index in [-0.39, 0.29) is 37.2 Å². The van der Waals surface area contributed by atoms with Crippen LogP contribution in [0.3, 0.4) is 0 Å². The van der Waals surface area contributed by atoms with Crippen molar-refractivity contribution >= 4 is 23.3 Å². The van der Waals surface area contributed by atoms with Crippen LogP contribution >= 0.6 is 0 Å². The quantitative estimate of drug-likeness (QED) is 0.827. The second-order valence-electron chi connectivity index (χ2n) is 4.49. The number of hydrogen-bond acceptors (Lipinski definition) is 4. The Hall–Kier alpha value is -2.37. The topological polar surface area (TPSA) is 75.7 Å². The van der Waals surface area contributed by atoms with Crippen LogP contribution in [0.25, 0.3) is 0 Å². The molecule has 1 aliphatic rings. The minimum Gasteiger partial charge on any atom is -0.491 e. The largest absolute Gasteiger partial charge is 0.491 e. The molecular formula is C14H16N2O4. The summed E-state index contributed by atoms with van der Waals surface area (Å²) in [4.78, 5) is 36.5. The molecule has 0 bridgehead atoms. The molecule has 2 amide bonds. The highest BCUT2D eigenvalue weighted by Crippen LogP contribution is 2.32. The van der Waals surface area contributed by atoms with Crippen molar-refractivity contribution in [2.75, 3.05) is 25.1 Å². The third-order valence-corrected chi connectivity index (χ3v) is 3.11. The lowest BCUT2D eigenvalue weighted by Crippen LogP contribution is -2.39. The van der Waals surface area contributed by atoms with E-state index in [9.17, 15) is 14.4 Å². The van der Waals surface area contributed by atoms with Gasteiger partial charge in [0.1, 0.15) is 12.3 Å². The van der Waals surface area contributed by atoms with Gasteiger partial charge in [-0.05, 0) is 25.1 Å². The van der Waals surface area contributed by atoms with Crippen LogP contribution < -0.4 is 15.0 Å². The molecule has 6 heteroatoms. The fraction of sp³-hybridized carbons (Fsp3) is 0.357. The molecule has 0 radical (unpaired) electrons. The number of nitrogens with zero attached hydrogens (tertiary/aromatic N) is 1. The fourth-order valence-electron chi connectivity index (χ4n) is 1.98. The van der Waals surface area contributed by atoms with Crippen molar-refractivity contribution in [3.05, 3.63) is 23.8 Å². The second-order valence-corrected chi connectivity index (χ2v) is 4.49. The van der Waals surface area contributed by atoms with E-state index in [0.29, 0.717) is 17.0 Å². The smallest absolute Gasteiger partial charge is 0.239 e. The number of ketones is 1. The Kier molecular flexibility index (Phi) is 4.02. The number of hydrogen-bond donors (Lipinski definition) is 1. The molecule has 106 valence electrons. The molecule has 1 aliphatic heterocycles. The lowest BCUT2D eigenvalue weighted by molar-refractivity contribution is -0.123. The first kappa shape index (κ1) is 14.0. The number of rotatable bonds is 3. The minimum atomic E-state index is -0.278. The van der Waals surface area contributed by atoms with Crippen molar-refractivity contribution in [3.8, 4) is 5.75 Å². The highest BCUT2D eigenvalue weighted by Gasteiger charge is 2.25. The normalized spacial score (nSPS) is 14.1. The second kappa shape index (κ2) is 5.73. The number of ether oxygens (including phenoxy) is 1. The van der Waals surface area contributed by atoms with Gasteiger partial charge >= 0.3 is 0 Å². The van der Waals surface area contributed by atoms with E-state index < -0.39 is 0 Å².